The summed E-state index contributed by atoms with van der Waals surface area (Å²) >= 11 is 2.50. The van der Waals surface area contributed by atoms with Gasteiger partial charge >= 0.3 is 5.97 Å². The summed E-state index contributed by atoms with van der Waals surface area (Å²) in [7, 11) is 0. The van der Waals surface area contributed by atoms with Gasteiger partial charge in [-0.05, 0) is 36.6 Å². The van der Waals surface area contributed by atoms with Crippen LogP contribution in [0.2, 0.25) is 0 Å². The highest BCUT2D eigenvalue weighted by atomic mass is 32.2. The zero-order chi connectivity index (χ0) is 15.8. The highest BCUT2D eigenvalue weighted by Gasteiger charge is 2.19. The topological polar surface area (TPSA) is 66.4 Å². The van der Waals surface area contributed by atoms with Crippen LogP contribution in [0.1, 0.15) is 6.42 Å². The first-order chi connectivity index (χ1) is 9.93. The van der Waals surface area contributed by atoms with Crippen molar-refractivity contribution in [1.82, 2.24) is 5.32 Å². The maximum absolute atomic E-state index is 13.0. The van der Waals surface area contributed by atoms with Gasteiger partial charge in [-0.25, -0.2) is 13.6 Å². The van der Waals surface area contributed by atoms with E-state index < -0.39 is 29.6 Å². The third kappa shape index (κ3) is 6.34. The number of hydrogen-bond donors (Lipinski definition) is 2. The quantitative estimate of drug-likeness (QED) is 0.714. The minimum Gasteiger partial charge on any atom is -0.480 e. The Kier molecular flexibility index (Phi) is 7.52. The number of aliphatic carboxylic acids is 1. The Morgan fingerprint density at radius 3 is 2.62 bits per heavy atom. The van der Waals surface area contributed by atoms with Crippen LogP contribution in [0.4, 0.5) is 8.78 Å². The van der Waals surface area contributed by atoms with E-state index in [-0.39, 0.29) is 5.75 Å². The van der Waals surface area contributed by atoms with Crippen LogP contribution in [0.15, 0.2) is 23.1 Å². The second kappa shape index (κ2) is 8.89. The van der Waals surface area contributed by atoms with Gasteiger partial charge in [0, 0.05) is 4.90 Å². The number of amides is 1. The van der Waals surface area contributed by atoms with Gasteiger partial charge in [-0.3, -0.25) is 4.79 Å². The molecule has 1 rings (SSSR count). The molecule has 116 valence electrons. The van der Waals surface area contributed by atoms with Crippen LogP contribution in [0.5, 0.6) is 0 Å². The first-order valence-corrected chi connectivity index (χ1v) is 8.41. The second-order valence-corrected chi connectivity index (χ2v) is 6.14. The summed E-state index contributed by atoms with van der Waals surface area (Å²) in [6.07, 6.45) is 2.18. The van der Waals surface area contributed by atoms with Crippen LogP contribution in [0.25, 0.3) is 0 Å². The fourth-order valence-electron chi connectivity index (χ4n) is 1.44. The number of thioether (sulfide) groups is 2. The van der Waals surface area contributed by atoms with E-state index in [9.17, 15) is 18.4 Å². The Balaban J connectivity index is 2.48. The van der Waals surface area contributed by atoms with Crippen molar-refractivity contribution in [1.29, 1.82) is 0 Å². The van der Waals surface area contributed by atoms with Gasteiger partial charge in [0.05, 0.1) is 5.75 Å². The highest BCUT2D eigenvalue weighted by Crippen LogP contribution is 2.20. The molecule has 1 aromatic carbocycles. The molecule has 0 aliphatic heterocycles. The molecule has 2 N–H and O–H groups in total. The molecule has 0 heterocycles. The molecule has 4 nitrogen and oxygen atoms in total. The van der Waals surface area contributed by atoms with Crippen molar-refractivity contribution < 1.29 is 23.5 Å². The lowest BCUT2D eigenvalue weighted by molar-refractivity contribution is -0.141. The van der Waals surface area contributed by atoms with E-state index in [1.807, 2.05) is 6.26 Å². The normalized spacial score (nSPS) is 12.0. The maximum atomic E-state index is 13.0. The van der Waals surface area contributed by atoms with Crippen molar-refractivity contribution in [2.75, 3.05) is 17.8 Å². The number of carbonyl (C=O) groups excluding carboxylic acids is 1. The Bertz CT molecular complexity index is 514. The van der Waals surface area contributed by atoms with Gasteiger partial charge in [0.2, 0.25) is 5.91 Å². The van der Waals surface area contributed by atoms with Gasteiger partial charge in [0.25, 0.3) is 0 Å². The lowest BCUT2D eigenvalue weighted by atomic mass is 10.2. The van der Waals surface area contributed by atoms with Crippen LogP contribution >= 0.6 is 23.5 Å². The summed E-state index contributed by atoms with van der Waals surface area (Å²) in [6, 6.07) is 2.40. The predicted octanol–water partition coefficient (Wildman–Crippen LogP) is 2.38. The lowest BCUT2D eigenvalue weighted by Gasteiger charge is -2.13. The van der Waals surface area contributed by atoms with Crippen LogP contribution in [0.3, 0.4) is 0 Å². The fraction of sp³-hybridized carbons (Fsp3) is 0.385. The fourth-order valence-corrected chi connectivity index (χ4v) is 2.65. The Hall–Kier alpha value is -1.28. The number of nitrogens with one attached hydrogen (secondary N) is 1. The van der Waals surface area contributed by atoms with Gasteiger partial charge < -0.3 is 10.4 Å². The van der Waals surface area contributed by atoms with E-state index in [2.05, 4.69) is 5.32 Å². The molecule has 0 saturated carbocycles. The standard InChI is InChI=1S/C13H15F2NO3S2/c1-20-5-4-11(13(18)19)16-12(17)7-21-8-2-3-9(14)10(15)6-8/h2-3,6,11H,4-5,7H2,1H3,(H,16,17)(H,18,19). The molecule has 0 saturated heterocycles. The van der Waals surface area contributed by atoms with E-state index in [4.69, 9.17) is 5.11 Å². The van der Waals surface area contributed by atoms with E-state index in [0.717, 1.165) is 23.9 Å². The SMILES string of the molecule is CSCCC(NC(=O)CSc1ccc(F)c(F)c1)C(=O)O. The molecule has 0 aliphatic rings. The first kappa shape index (κ1) is 17.8. The molecule has 0 fully saturated rings. The summed E-state index contributed by atoms with van der Waals surface area (Å²) < 4.78 is 25.7. The van der Waals surface area contributed by atoms with Gasteiger partial charge in [0.15, 0.2) is 11.6 Å². The van der Waals surface area contributed by atoms with Crippen LogP contribution in [-0.2, 0) is 9.59 Å². The van der Waals surface area contributed by atoms with Crippen LogP contribution in [0, 0.1) is 11.6 Å². The van der Waals surface area contributed by atoms with Gasteiger partial charge in [-0.1, -0.05) is 0 Å². The van der Waals surface area contributed by atoms with Crippen molar-refractivity contribution in [3.05, 3.63) is 29.8 Å². The zero-order valence-electron chi connectivity index (χ0n) is 11.3. The predicted molar refractivity (Wildman–Crippen MR) is 79.6 cm³/mol. The number of rotatable bonds is 8. The van der Waals surface area contributed by atoms with Crippen molar-refractivity contribution in [2.45, 2.75) is 17.4 Å². The van der Waals surface area contributed by atoms with Crippen LogP contribution in [-0.4, -0.2) is 40.8 Å². The molecular weight excluding hydrogens is 320 g/mol. The lowest BCUT2D eigenvalue weighted by Crippen LogP contribution is -2.42. The molecule has 0 aromatic heterocycles. The number of carboxylic acids is 1. The summed E-state index contributed by atoms with van der Waals surface area (Å²) in [4.78, 5) is 23.1. The Labute approximate surface area is 129 Å². The average molecular weight is 335 g/mol. The molecule has 0 aliphatic carbocycles. The Morgan fingerprint density at radius 2 is 2.05 bits per heavy atom. The third-order valence-corrected chi connectivity index (χ3v) is 4.14. The highest BCUT2D eigenvalue weighted by molar-refractivity contribution is 8.00. The molecule has 1 aromatic rings. The molecule has 0 bridgehead atoms. The molecular formula is C13H15F2NO3S2. The first-order valence-electron chi connectivity index (χ1n) is 6.03. The molecule has 0 radical (unpaired) electrons. The molecule has 21 heavy (non-hydrogen) atoms. The van der Waals surface area contributed by atoms with Crippen molar-refractivity contribution >= 4 is 35.4 Å². The van der Waals surface area contributed by atoms with Gasteiger partial charge in [0.1, 0.15) is 6.04 Å². The van der Waals surface area contributed by atoms with E-state index in [1.165, 1.54) is 17.8 Å². The maximum Gasteiger partial charge on any atom is 0.326 e. The number of carbonyl (C=O) groups is 2. The molecule has 8 heteroatoms. The smallest absolute Gasteiger partial charge is 0.326 e. The van der Waals surface area contributed by atoms with E-state index in [0.29, 0.717) is 17.1 Å². The average Bonchev–Trinajstić information content (AvgIpc) is 2.44. The summed E-state index contributed by atoms with van der Waals surface area (Å²) in [5.74, 6) is -2.93. The summed E-state index contributed by atoms with van der Waals surface area (Å²) in [5.41, 5.74) is 0. The van der Waals surface area contributed by atoms with E-state index in [1.54, 1.807) is 0 Å². The number of benzene rings is 1. The van der Waals surface area contributed by atoms with Gasteiger partial charge in [-0.15, -0.1) is 11.8 Å². The molecule has 0 spiro atoms. The van der Waals surface area contributed by atoms with Crippen molar-refractivity contribution in [2.24, 2.45) is 0 Å². The molecule has 1 atom stereocenters. The number of carboxylic acid groups (broad SMARTS) is 1. The van der Waals surface area contributed by atoms with Crippen LogP contribution < -0.4 is 5.32 Å². The summed E-state index contributed by atoms with van der Waals surface area (Å²) in [5, 5.41) is 11.4. The van der Waals surface area contributed by atoms with Crippen molar-refractivity contribution in [3.63, 3.8) is 0 Å². The third-order valence-electron chi connectivity index (χ3n) is 2.50. The largest absolute Gasteiger partial charge is 0.480 e. The molecule has 1 amide bonds. The van der Waals surface area contributed by atoms with E-state index >= 15 is 0 Å². The summed E-state index contributed by atoms with van der Waals surface area (Å²) in [6.45, 7) is 0. The number of hydrogen-bond acceptors (Lipinski definition) is 4. The zero-order valence-corrected chi connectivity index (χ0v) is 12.9. The minimum atomic E-state index is -1.09. The Morgan fingerprint density at radius 1 is 1.33 bits per heavy atom. The number of halogens is 2. The second-order valence-electron chi connectivity index (χ2n) is 4.10. The monoisotopic (exact) mass is 335 g/mol. The van der Waals surface area contributed by atoms with Crippen molar-refractivity contribution in [3.8, 4) is 0 Å². The molecule has 1 unspecified atom stereocenters. The minimum absolute atomic E-state index is 0.0614. The van der Waals surface area contributed by atoms with Gasteiger partial charge in [-0.2, -0.15) is 11.8 Å².